The highest BCUT2D eigenvalue weighted by Gasteiger charge is 1.91. The molecule has 17 heavy (non-hydrogen) atoms. The smallest absolute Gasteiger partial charge is 0.0761 e. The fraction of sp³-hybridized carbons (Fsp3) is 0.800. The molecular formula is C15H29NO. The fourth-order valence-electron chi connectivity index (χ4n) is 1.86. The molecule has 2 heteroatoms. The van der Waals surface area contributed by atoms with Gasteiger partial charge in [0.15, 0.2) is 0 Å². The van der Waals surface area contributed by atoms with Gasteiger partial charge in [-0.3, -0.25) is 0 Å². The van der Waals surface area contributed by atoms with Crippen LogP contribution in [-0.2, 0) is 0 Å². The predicted molar refractivity (Wildman–Crippen MR) is 75.9 cm³/mol. The lowest BCUT2D eigenvalue weighted by molar-refractivity contribution is 0.319. The van der Waals surface area contributed by atoms with E-state index in [4.69, 9.17) is 5.21 Å². The first-order chi connectivity index (χ1) is 8.31. The van der Waals surface area contributed by atoms with Crippen molar-refractivity contribution in [3.63, 3.8) is 0 Å². The number of rotatable bonds is 11. The van der Waals surface area contributed by atoms with Crippen molar-refractivity contribution in [2.24, 2.45) is 5.16 Å². The summed E-state index contributed by atoms with van der Waals surface area (Å²) < 4.78 is 0. The van der Waals surface area contributed by atoms with E-state index in [-0.39, 0.29) is 0 Å². The van der Waals surface area contributed by atoms with Gasteiger partial charge >= 0.3 is 0 Å². The van der Waals surface area contributed by atoms with Gasteiger partial charge < -0.3 is 5.21 Å². The number of allylic oxidation sites excluding steroid dienone is 2. The fourth-order valence-corrected chi connectivity index (χ4v) is 1.86. The summed E-state index contributed by atoms with van der Waals surface area (Å²) >= 11 is 0. The van der Waals surface area contributed by atoms with E-state index < -0.39 is 0 Å². The Morgan fingerprint density at radius 3 is 2.00 bits per heavy atom. The molecule has 0 spiro atoms. The maximum absolute atomic E-state index is 8.43. The Morgan fingerprint density at radius 1 is 0.941 bits per heavy atom. The van der Waals surface area contributed by atoms with Gasteiger partial charge in [0.2, 0.25) is 0 Å². The molecule has 0 unspecified atom stereocenters. The maximum Gasteiger partial charge on any atom is 0.0761 e. The van der Waals surface area contributed by atoms with Gasteiger partial charge in [-0.05, 0) is 25.8 Å². The summed E-state index contributed by atoms with van der Waals surface area (Å²) in [5, 5.41) is 11.5. The molecule has 0 aliphatic carbocycles. The largest absolute Gasteiger partial charge is 0.411 e. The quantitative estimate of drug-likeness (QED) is 0.225. The van der Waals surface area contributed by atoms with Crippen LogP contribution in [0.3, 0.4) is 0 Å². The van der Waals surface area contributed by atoms with Crippen LogP contribution < -0.4 is 0 Å². The first-order valence-electron chi connectivity index (χ1n) is 7.16. The van der Waals surface area contributed by atoms with Crippen molar-refractivity contribution >= 4 is 5.71 Å². The zero-order valence-corrected chi connectivity index (χ0v) is 11.6. The van der Waals surface area contributed by atoms with E-state index in [9.17, 15) is 0 Å². The van der Waals surface area contributed by atoms with E-state index in [1.54, 1.807) is 6.92 Å². The second-order valence-electron chi connectivity index (χ2n) is 4.76. The average molecular weight is 239 g/mol. The molecule has 0 aromatic rings. The number of oxime groups is 1. The summed E-state index contributed by atoms with van der Waals surface area (Å²) in [5.41, 5.74) is 0.681. The van der Waals surface area contributed by atoms with Crippen molar-refractivity contribution in [1.29, 1.82) is 0 Å². The van der Waals surface area contributed by atoms with E-state index in [2.05, 4.69) is 18.2 Å². The summed E-state index contributed by atoms with van der Waals surface area (Å²) in [4.78, 5) is 0. The third-order valence-electron chi connectivity index (χ3n) is 2.99. The average Bonchev–Trinajstić information content (AvgIpc) is 2.35. The number of hydrogen-bond acceptors (Lipinski definition) is 2. The highest BCUT2D eigenvalue weighted by Crippen LogP contribution is 2.10. The van der Waals surface area contributed by atoms with Crippen LogP contribution in [0.1, 0.15) is 78.1 Å². The minimum absolute atomic E-state index is 0.681. The molecule has 0 radical (unpaired) electrons. The Labute approximate surface area is 107 Å². The Bertz CT molecular complexity index is 209. The van der Waals surface area contributed by atoms with Gasteiger partial charge in [0.25, 0.3) is 0 Å². The third kappa shape index (κ3) is 13.1. The summed E-state index contributed by atoms with van der Waals surface area (Å²) in [6.07, 6.45) is 17.4. The molecule has 0 aliphatic heterocycles. The molecule has 0 amide bonds. The maximum atomic E-state index is 8.43. The molecule has 2 nitrogen and oxygen atoms in total. The number of nitrogens with zero attached hydrogens (tertiary/aromatic N) is 1. The summed E-state index contributed by atoms with van der Waals surface area (Å²) in [6.45, 7) is 4.06. The zero-order valence-electron chi connectivity index (χ0n) is 11.6. The highest BCUT2D eigenvalue weighted by atomic mass is 16.4. The molecule has 0 heterocycles. The third-order valence-corrected chi connectivity index (χ3v) is 2.99. The highest BCUT2D eigenvalue weighted by molar-refractivity contribution is 5.92. The molecule has 0 saturated heterocycles. The molecule has 0 aromatic carbocycles. The van der Waals surface area contributed by atoms with Crippen molar-refractivity contribution in [2.75, 3.05) is 0 Å². The topological polar surface area (TPSA) is 32.6 Å². The molecule has 0 aliphatic rings. The van der Waals surface area contributed by atoms with Crippen LogP contribution in [0.2, 0.25) is 0 Å². The minimum atomic E-state index is 0.681. The molecule has 0 aromatic heterocycles. The summed E-state index contributed by atoms with van der Waals surface area (Å²) in [5.74, 6) is 0. The van der Waals surface area contributed by atoms with E-state index in [0.29, 0.717) is 5.71 Å². The second kappa shape index (κ2) is 13.3. The molecule has 100 valence electrons. The SMILES string of the molecule is CCCCCCCCCCCC=CC(C)=NO. The lowest BCUT2D eigenvalue weighted by atomic mass is 10.1. The van der Waals surface area contributed by atoms with Gasteiger partial charge in [-0.1, -0.05) is 69.5 Å². The van der Waals surface area contributed by atoms with Gasteiger partial charge in [0.1, 0.15) is 0 Å². The van der Waals surface area contributed by atoms with Crippen molar-refractivity contribution in [3.05, 3.63) is 12.2 Å². The Morgan fingerprint density at radius 2 is 1.47 bits per heavy atom. The van der Waals surface area contributed by atoms with Crippen LogP contribution in [0.4, 0.5) is 0 Å². The lowest BCUT2D eigenvalue weighted by Gasteiger charge is -2.00. The molecule has 0 saturated carbocycles. The Balaban J connectivity index is 3.11. The standard InChI is InChI=1S/C15H29NO/c1-3-4-5-6-7-8-9-10-11-12-13-14-15(2)16-17/h13-14,17H,3-12H2,1-2H3. The van der Waals surface area contributed by atoms with Crippen molar-refractivity contribution in [3.8, 4) is 0 Å². The van der Waals surface area contributed by atoms with Crippen molar-refractivity contribution in [2.45, 2.75) is 78.1 Å². The van der Waals surface area contributed by atoms with Gasteiger partial charge in [0.05, 0.1) is 5.71 Å². The summed E-state index contributed by atoms with van der Waals surface area (Å²) in [6, 6.07) is 0. The van der Waals surface area contributed by atoms with Crippen LogP contribution >= 0.6 is 0 Å². The van der Waals surface area contributed by atoms with Crippen LogP contribution in [0, 0.1) is 0 Å². The van der Waals surface area contributed by atoms with E-state index in [1.807, 2.05) is 6.08 Å². The van der Waals surface area contributed by atoms with Crippen LogP contribution in [0.15, 0.2) is 17.3 Å². The van der Waals surface area contributed by atoms with E-state index >= 15 is 0 Å². The summed E-state index contributed by atoms with van der Waals surface area (Å²) in [7, 11) is 0. The van der Waals surface area contributed by atoms with E-state index in [0.717, 1.165) is 6.42 Å². The number of unbranched alkanes of at least 4 members (excludes halogenated alkanes) is 9. The number of hydrogen-bond donors (Lipinski definition) is 1. The minimum Gasteiger partial charge on any atom is -0.411 e. The predicted octanol–water partition coefficient (Wildman–Crippen LogP) is 5.31. The Hall–Kier alpha value is -0.790. The van der Waals surface area contributed by atoms with Crippen molar-refractivity contribution < 1.29 is 5.21 Å². The second-order valence-corrected chi connectivity index (χ2v) is 4.76. The Kier molecular flexibility index (Phi) is 12.7. The first-order valence-corrected chi connectivity index (χ1v) is 7.16. The monoisotopic (exact) mass is 239 g/mol. The molecule has 0 bridgehead atoms. The van der Waals surface area contributed by atoms with Gasteiger partial charge in [-0.15, -0.1) is 0 Å². The van der Waals surface area contributed by atoms with Gasteiger partial charge in [-0.25, -0.2) is 0 Å². The normalized spacial score (nSPS) is 12.5. The molecule has 0 atom stereocenters. The van der Waals surface area contributed by atoms with Crippen molar-refractivity contribution in [1.82, 2.24) is 0 Å². The van der Waals surface area contributed by atoms with E-state index in [1.165, 1.54) is 57.8 Å². The van der Waals surface area contributed by atoms with Gasteiger partial charge in [0, 0.05) is 0 Å². The zero-order chi connectivity index (χ0) is 12.8. The molecule has 0 fully saturated rings. The molecule has 0 rings (SSSR count). The van der Waals surface area contributed by atoms with Crippen LogP contribution in [0.25, 0.3) is 0 Å². The van der Waals surface area contributed by atoms with Crippen LogP contribution in [0.5, 0.6) is 0 Å². The molecule has 1 N–H and O–H groups in total. The first kappa shape index (κ1) is 16.2. The molecular weight excluding hydrogens is 210 g/mol. The van der Waals surface area contributed by atoms with Gasteiger partial charge in [-0.2, -0.15) is 0 Å². The lowest BCUT2D eigenvalue weighted by Crippen LogP contribution is -1.83. The van der Waals surface area contributed by atoms with Crippen LogP contribution in [-0.4, -0.2) is 10.9 Å².